The third-order valence-corrected chi connectivity index (χ3v) is 3.92. The molecule has 0 aliphatic rings. The number of benzene rings is 2. The number of aryl methyl sites for hydroxylation is 1. The van der Waals surface area contributed by atoms with Crippen molar-refractivity contribution in [1.82, 2.24) is 4.98 Å². The van der Waals surface area contributed by atoms with Gasteiger partial charge in [0.05, 0.1) is 11.1 Å². The lowest BCUT2D eigenvalue weighted by Gasteiger charge is -2.07. The van der Waals surface area contributed by atoms with Crippen LogP contribution in [0.2, 0.25) is 5.15 Å². The van der Waals surface area contributed by atoms with Gasteiger partial charge >= 0.3 is 0 Å². The number of para-hydroxylation sites is 1. The van der Waals surface area contributed by atoms with Gasteiger partial charge in [-0.1, -0.05) is 54.1 Å². The van der Waals surface area contributed by atoms with E-state index < -0.39 is 0 Å². The normalized spacial score (nSPS) is 11.3. The third kappa shape index (κ3) is 1.91. The molecule has 2 heterocycles. The highest BCUT2D eigenvalue weighted by Crippen LogP contribution is 2.37. The molecule has 0 radical (unpaired) electrons. The second-order valence-corrected chi connectivity index (χ2v) is 5.47. The minimum Gasteiger partial charge on any atom is -0.456 e. The molecule has 0 aliphatic heterocycles. The van der Waals surface area contributed by atoms with Crippen molar-refractivity contribution in [2.45, 2.75) is 6.92 Å². The number of furan rings is 1. The average molecular weight is 294 g/mol. The molecule has 0 spiro atoms. The molecule has 0 fully saturated rings. The highest BCUT2D eigenvalue weighted by molar-refractivity contribution is 6.30. The van der Waals surface area contributed by atoms with Crippen LogP contribution in [0.15, 0.2) is 59.0 Å². The fourth-order valence-corrected chi connectivity index (χ4v) is 2.93. The molecule has 0 bridgehead atoms. The van der Waals surface area contributed by atoms with Gasteiger partial charge in [-0.05, 0) is 18.6 Å². The predicted molar refractivity (Wildman–Crippen MR) is 86.7 cm³/mol. The number of hydrogen-bond donors (Lipinski definition) is 0. The van der Waals surface area contributed by atoms with Gasteiger partial charge in [0.15, 0.2) is 0 Å². The summed E-state index contributed by atoms with van der Waals surface area (Å²) in [5.41, 5.74) is 4.75. The quantitative estimate of drug-likeness (QED) is 0.426. The van der Waals surface area contributed by atoms with E-state index in [4.69, 9.17) is 16.0 Å². The molecule has 4 aromatic rings. The van der Waals surface area contributed by atoms with Gasteiger partial charge < -0.3 is 4.42 Å². The molecular weight excluding hydrogens is 282 g/mol. The van der Waals surface area contributed by atoms with E-state index in [0.29, 0.717) is 5.15 Å². The Hall–Kier alpha value is -2.32. The summed E-state index contributed by atoms with van der Waals surface area (Å²) in [6, 6.07) is 17.9. The molecule has 0 amide bonds. The number of halogens is 1. The van der Waals surface area contributed by atoms with Gasteiger partial charge in [-0.15, -0.1) is 0 Å². The Morgan fingerprint density at radius 1 is 0.952 bits per heavy atom. The maximum Gasteiger partial charge on any atom is 0.140 e. The lowest BCUT2D eigenvalue weighted by molar-refractivity contribution is 0.668. The van der Waals surface area contributed by atoms with Crippen LogP contribution >= 0.6 is 11.6 Å². The number of hydrogen-bond acceptors (Lipinski definition) is 2. The summed E-state index contributed by atoms with van der Waals surface area (Å²) in [5, 5.41) is 2.53. The van der Waals surface area contributed by atoms with Crippen molar-refractivity contribution in [3.63, 3.8) is 0 Å². The lowest BCUT2D eigenvalue weighted by Crippen LogP contribution is -1.88. The highest BCUT2D eigenvalue weighted by Gasteiger charge is 2.15. The summed E-state index contributed by atoms with van der Waals surface area (Å²) in [5.74, 6) is 0. The van der Waals surface area contributed by atoms with Crippen molar-refractivity contribution in [3.05, 3.63) is 65.3 Å². The zero-order chi connectivity index (χ0) is 14.4. The van der Waals surface area contributed by atoms with Crippen LogP contribution < -0.4 is 0 Å². The first kappa shape index (κ1) is 12.4. The molecule has 3 heteroatoms. The number of aromatic nitrogens is 1. The van der Waals surface area contributed by atoms with Crippen LogP contribution in [0.4, 0.5) is 0 Å². The van der Waals surface area contributed by atoms with E-state index in [2.05, 4.69) is 30.1 Å². The second-order valence-electron chi connectivity index (χ2n) is 5.08. The summed E-state index contributed by atoms with van der Waals surface area (Å²) >= 11 is 6.18. The minimum absolute atomic E-state index is 0.444. The van der Waals surface area contributed by atoms with Crippen molar-refractivity contribution in [2.75, 3.05) is 0 Å². The van der Waals surface area contributed by atoms with Crippen molar-refractivity contribution < 1.29 is 4.42 Å². The SMILES string of the molecule is Cc1ccccc1-c1nc(Cl)cc2oc3ccccc3c12. The maximum absolute atomic E-state index is 6.18. The van der Waals surface area contributed by atoms with Gasteiger partial charge in [-0.3, -0.25) is 0 Å². The van der Waals surface area contributed by atoms with E-state index in [-0.39, 0.29) is 0 Å². The van der Waals surface area contributed by atoms with Gasteiger partial charge in [0.25, 0.3) is 0 Å². The van der Waals surface area contributed by atoms with Crippen molar-refractivity contribution in [2.24, 2.45) is 0 Å². The Morgan fingerprint density at radius 3 is 2.57 bits per heavy atom. The van der Waals surface area contributed by atoms with E-state index in [1.54, 1.807) is 6.07 Å². The van der Waals surface area contributed by atoms with Gasteiger partial charge in [0.1, 0.15) is 16.3 Å². The van der Waals surface area contributed by atoms with Crippen LogP contribution in [0.3, 0.4) is 0 Å². The van der Waals surface area contributed by atoms with E-state index in [1.165, 1.54) is 5.56 Å². The Bertz CT molecular complexity index is 971. The average Bonchev–Trinajstić information content (AvgIpc) is 2.85. The molecule has 0 aliphatic carbocycles. The second kappa shape index (κ2) is 4.61. The van der Waals surface area contributed by atoms with Gasteiger partial charge in [0.2, 0.25) is 0 Å². The largest absolute Gasteiger partial charge is 0.456 e. The topological polar surface area (TPSA) is 26.0 Å². The molecule has 0 N–H and O–H groups in total. The van der Waals surface area contributed by atoms with Crippen molar-refractivity contribution >= 4 is 33.5 Å². The van der Waals surface area contributed by atoms with Crippen LogP contribution in [-0.2, 0) is 0 Å². The van der Waals surface area contributed by atoms with Crippen LogP contribution in [0, 0.1) is 6.92 Å². The maximum atomic E-state index is 6.18. The van der Waals surface area contributed by atoms with Crippen LogP contribution in [0.1, 0.15) is 5.56 Å². The van der Waals surface area contributed by atoms with Crippen molar-refractivity contribution in [3.8, 4) is 11.3 Å². The first-order valence-electron chi connectivity index (χ1n) is 6.78. The standard InChI is InChI=1S/C18H12ClNO/c1-11-6-2-3-7-12(11)18-17-13-8-4-5-9-14(13)21-15(17)10-16(19)20-18/h2-10H,1H3. The highest BCUT2D eigenvalue weighted by atomic mass is 35.5. The van der Waals surface area contributed by atoms with E-state index in [9.17, 15) is 0 Å². The molecule has 0 unspecified atom stereocenters. The molecule has 2 aromatic carbocycles. The van der Waals surface area contributed by atoms with Gasteiger partial charge in [-0.2, -0.15) is 0 Å². The number of fused-ring (bicyclic) bond motifs is 3. The molecule has 21 heavy (non-hydrogen) atoms. The third-order valence-electron chi connectivity index (χ3n) is 3.73. The summed E-state index contributed by atoms with van der Waals surface area (Å²) in [6.45, 7) is 2.08. The molecule has 2 aromatic heterocycles. The van der Waals surface area contributed by atoms with Crippen LogP contribution in [-0.4, -0.2) is 4.98 Å². The predicted octanol–water partition coefficient (Wildman–Crippen LogP) is 5.61. The number of nitrogens with zero attached hydrogens (tertiary/aromatic N) is 1. The van der Waals surface area contributed by atoms with Gasteiger partial charge in [-0.25, -0.2) is 4.98 Å². The lowest BCUT2D eigenvalue weighted by atomic mass is 10.0. The first-order chi connectivity index (χ1) is 10.2. The van der Waals surface area contributed by atoms with Crippen molar-refractivity contribution in [1.29, 1.82) is 0 Å². The van der Waals surface area contributed by atoms with E-state index in [1.807, 2.05) is 30.3 Å². The molecule has 2 nitrogen and oxygen atoms in total. The van der Waals surface area contributed by atoms with E-state index in [0.717, 1.165) is 33.2 Å². The number of pyridine rings is 1. The number of rotatable bonds is 1. The van der Waals surface area contributed by atoms with E-state index >= 15 is 0 Å². The Kier molecular flexibility index (Phi) is 2.72. The fraction of sp³-hybridized carbons (Fsp3) is 0.0556. The molecule has 0 saturated heterocycles. The Morgan fingerprint density at radius 2 is 1.71 bits per heavy atom. The zero-order valence-electron chi connectivity index (χ0n) is 11.4. The van der Waals surface area contributed by atoms with Crippen LogP contribution in [0.25, 0.3) is 33.2 Å². The molecule has 102 valence electrons. The molecule has 4 rings (SSSR count). The van der Waals surface area contributed by atoms with Gasteiger partial charge in [0, 0.05) is 17.0 Å². The summed E-state index contributed by atoms with van der Waals surface area (Å²) in [7, 11) is 0. The molecular formula is C18H12ClNO. The zero-order valence-corrected chi connectivity index (χ0v) is 12.2. The minimum atomic E-state index is 0.444. The monoisotopic (exact) mass is 293 g/mol. The first-order valence-corrected chi connectivity index (χ1v) is 7.15. The molecule has 0 saturated carbocycles. The fourth-order valence-electron chi connectivity index (χ4n) is 2.75. The Balaban J connectivity index is 2.20. The smallest absolute Gasteiger partial charge is 0.140 e. The van der Waals surface area contributed by atoms with Crippen LogP contribution in [0.5, 0.6) is 0 Å². The molecule has 0 atom stereocenters. The summed E-state index contributed by atoms with van der Waals surface area (Å²) < 4.78 is 5.91. The Labute approximate surface area is 127 Å². The summed E-state index contributed by atoms with van der Waals surface area (Å²) in [6.07, 6.45) is 0. The summed E-state index contributed by atoms with van der Waals surface area (Å²) in [4.78, 5) is 4.56.